The molecule has 0 radical (unpaired) electrons. The van der Waals surface area contributed by atoms with Crippen molar-refractivity contribution < 1.29 is 9.13 Å². The Kier molecular flexibility index (Phi) is 5.91. The first-order chi connectivity index (χ1) is 8.13. The second-order valence-corrected chi connectivity index (χ2v) is 4.49. The van der Waals surface area contributed by atoms with Gasteiger partial charge in [0.05, 0.1) is 12.8 Å². The van der Waals surface area contributed by atoms with Crippen LogP contribution in [0.2, 0.25) is 0 Å². The van der Waals surface area contributed by atoms with Gasteiger partial charge in [-0.3, -0.25) is 0 Å². The second-order valence-electron chi connectivity index (χ2n) is 4.49. The molecule has 0 aliphatic rings. The minimum atomic E-state index is -0.324. The first kappa shape index (κ1) is 13.9. The molecule has 0 fully saturated rings. The van der Waals surface area contributed by atoms with Crippen molar-refractivity contribution in [2.75, 3.05) is 13.2 Å². The average Bonchev–Trinajstić information content (AvgIpc) is 2.27. The van der Waals surface area contributed by atoms with Crippen molar-refractivity contribution in [1.29, 1.82) is 0 Å². The summed E-state index contributed by atoms with van der Waals surface area (Å²) in [5, 5.41) is 3.26. The smallest absolute Gasteiger partial charge is 0.218 e. The van der Waals surface area contributed by atoms with E-state index in [9.17, 15) is 4.39 Å². The van der Waals surface area contributed by atoms with E-state index in [2.05, 4.69) is 24.1 Å². The fourth-order valence-corrected chi connectivity index (χ4v) is 1.42. The summed E-state index contributed by atoms with van der Waals surface area (Å²) in [7, 11) is 0. The van der Waals surface area contributed by atoms with Gasteiger partial charge in [0.25, 0.3) is 0 Å². The fraction of sp³-hybridized carbons (Fsp3) is 0.615. The highest BCUT2D eigenvalue weighted by Gasteiger charge is 2.07. The molecule has 1 aromatic heterocycles. The number of pyridine rings is 1. The van der Waals surface area contributed by atoms with Crippen molar-refractivity contribution in [3.63, 3.8) is 0 Å². The molecule has 4 heteroatoms. The highest BCUT2D eigenvalue weighted by Crippen LogP contribution is 2.16. The molecule has 0 aliphatic heterocycles. The molecule has 0 amide bonds. The zero-order chi connectivity index (χ0) is 12.7. The number of ether oxygens (including phenoxy) is 1. The van der Waals surface area contributed by atoms with Gasteiger partial charge < -0.3 is 10.1 Å². The maximum Gasteiger partial charge on any atom is 0.218 e. The van der Waals surface area contributed by atoms with E-state index in [1.165, 1.54) is 12.3 Å². The Morgan fingerprint density at radius 2 is 2.24 bits per heavy atom. The van der Waals surface area contributed by atoms with Crippen LogP contribution in [-0.4, -0.2) is 18.1 Å². The van der Waals surface area contributed by atoms with Gasteiger partial charge in [-0.2, -0.15) is 0 Å². The zero-order valence-electron chi connectivity index (χ0n) is 10.8. The lowest BCUT2D eigenvalue weighted by Gasteiger charge is -2.11. The number of nitrogens with zero attached hydrogens (tertiary/aromatic N) is 1. The normalized spacial score (nSPS) is 10.9. The monoisotopic (exact) mass is 240 g/mol. The van der Waals surface area contributed by atoms with E-state index < -0.39 is 0 Å². The molecule has 1 N–H and O–H groups in total. The molecule has 0 unspecified atom stereocenters. The lowest BCUT2D eigenvalue weighted by molar-refractivity contribution is 0.299. The van der Waals surface area contributed by atoms with E-state index in [0.717, 1.165) is 18.5 Å². The van der Waals surface area contributed by atoms with Crippen LogP contribution in [0.15, 0.2) is 12.3 Å². The summed E-state index contributed by atoms with van der Waals surface area (Å²) >= 11 is 0. The number of nitrogens with one attached hydrogen (secondary N) is 1. The van der Waals surface area contributed by atoms with Crippen molar-refractivity contribution in [1.82, 2.24) is 10.3 Å². The molecule has 0 saturated heterocycles. The molecule has 3 nitrogen and oxygen atoms in total. The fourth-order valence-electron chi connectivity index (χ4n) is 1.42. The predicted octanol–water partition coefficient (Wildman–Crippen LogP) is 2.76. The van der Waals surface area contributed by atoms with Crippen LogP contribution in [0.3, 0.4) is 0 Å². The van der Waals surface area contributed by atoms with Gasteiger partial charge in [-0.25, -0.2) is 9.37 Å². The van der Waals surface area contributed by atoms with Crippen LogP contribution in [0.4, 0.5) is 4.39 Å². The van der Waals surface area contributed by atoms with Crippen LogP contribution in [0.25, 0.3) is 0 Å². The van der Waals surface area contributed by atoms with Gasteiger partial charge in [-0.05, 0) is 24.9 Å². The van der Waals surface area contributed by atoms with Crippen molar-refractivity contribution in [3.05, 3.63) is 23.6 Å². The Morgan fingerprint density at radius 3 is 2.88 bits per heavy atom. The Morgan fingerprint density at radius 1 is 1.47 bits per heavy atom. The van der Waals surface area contributed by atoms with E-state index in [-0.39, 0.29) is 5.82 Å². The summed E-state index contributed by atoms with van der Waals surface area (Å²) < 4.78 is 18.6. The summed E-state index contributed by atoms with van der Waals surface area (Å²) in [6.45, 7) is 8.37. The summed E-state index contributed by atoms with van der Waals surface area (Å²) in [4.78, 5) is 3.98. The van der Waals surface area contributed by atoms with Gasteiger partial charge in [0, 0.05) is 12.1 Å². The molecule has 0 bridgehead atoms. The van der Waals surface area contributed by atoms with Gasteiger partial charge in [0.1, 0.15) is 5.82 Å². The van der Waals surface area contributed by atoms with Crippen molar-refractivity contribution >= 4 is 0 Å². The molecular formula is C13H21FN2O. The van der Waals surface area contributed by atoms with Crippen LogP contribution in [0, 0.1) is 11.7 Å². The molecule has 1 rings (SSSR count). The number of hydrogen-bond acceptors (Lipinski definition) is 3. The van der Waals surface area contributed by atoms with Crippen LogP contribution < -0.4 is 10.1 Å². The van der Waals surface area contributed by atoms with Gasteiger partial charge >= 0.3 is 0 Å². The summed E-state index contributed by atoms with van der Waals surface area (Å²) in [5.41, 5.74) is 0.777. The van der Waals surface area contributed by atoms with Crippen molar-refractivity contribution in [2.45, 2.75) is 33.7 Å². The van der Waals surface area contributed by atoms with E-state index in [4.69, 9.17) is 4.74 Å². The lowest BCUT2D eigenvalue weighted by Crippen LogP contribution is -2.20. The first-order valence-corrected chi connectivity index (χ1v) is 6.11. The molecule has 1 aromatic rings. The molecule has 0 aliphatic carbocycles. The quantitative estimate of drug-likeness (QED) is 0.795. The Balaban J connectivity index is 2.62. The van der Waals surface area contributed by atoms with Crippen LogP contribution >= 0.6 is 0 Å². The number of rotatable bonds is 7. The molecule has 0 spiro atoms. The van der Waals surface area contributed by atoms with Crippen LogP contribution in [-0.2, 0) is 6.54 Å². The zero-order valence-corrected chi connectivity index (χ0v) is 10.8. The van der Waals surface area contributed by atoms with E-state index in [1.54, 1.807) is 0 Å². The summed E-state index contributed by atoms with van der Waals surface area (Å²) in [5.74, 6) is 0.774. The molecule has 0 atom stereocenters. The molecule has 96 valence electrons. The summed E-state index contributed by atoms with van der Waals surface area (Å²) in [6, 6.07) is 1.48. The Bertz CT molecular complexity index is 342. The summed E-state index contributed by atoms with van der Waals surface area (Å²) in [6.07, 6.45) is 2.11. The third-order valence-corrected chi connectivity index (χ3v) is 2.20. The van der Waals surface area contributed by atoms with Gasteiger partial charge in [-0.1, -0.05) is 20.8 Å². The largest absolute Gasteiger partial charge is 0.477 e. The van der Waals surface area contributed by atoms with E-state index >= 15 is 0 Å². The molecule has 0 aromatic carbocycles. The van der Waals surface area contributed by atoms with E-state index in [1.807, 2.05) is 6.92 Å². The number of halogens is 1. The average molecular weight is 240 g/mol. The molecule has 17 heavy (non-hydrogen) atoms. The third kappa shape index (κ3) is 5.13. The highest BCUT2D eigenvalue weighted by atomic mass is 19.1. The van der Waals surface area contributed by atoms with Gasteiger partial charge in [-0.15, -0.1) is 0 Å². The third-order valence-electron chi connectivity index (χ3n) is 2.20. The predicted molar refractivity (Wildman–Crippen MR) is 66.5 cm³/mol. The Hall–Kier alpha value is -1.16. The minimum absolute atomic E-state index is 0.324. The van der Waals surface area contributed by atoms with Crippen LogP contribution in [0.5, 0.6) is 5.88 Å². The minimum Gasteiger partial charge on any atom is -0.477 e. The van der Waals surface area contributed by atoms with E-state index in [0.29, 0.717) is 24.9 Å². The highest BCUT2D eigenvalue weighted by molar-refractivity contribution is 5.26. The number of aromatic nitrogens is 1. The first-order valence-electron chi connectivity index (χ1n) is 6.11. The second kappa shape index (κ2) is 7.22. The molecule has 0 saturated carbocycles. The maximum atomic E-state index is 13.1. The molecule has 1 heterocycles. The standard InChI is InChI=1S/C13H21FN2O/c1-4-5-17-13-11(6-12(14)9-16-13)8-15-7-10(2)3/h6,9-10,15H,4-5,7-8H2,1-3H3. The maximum absolute atomic E-state index is 13.1. The van der Waals surface area contributed by atoms with Gasteiger partial charge in [0.15, 0.2) is 0 Å². The lowest BCUT2D eigenvalue weighted by atomic mass is 10.2. The number of hydrogen-bond donors (Lipinski definition) is 1. The SMILES string of the molecule is CCCOc1ncc(F)cc1CNCC(C)C. The molecular weight excluding hydrogens is 219 g/mol. The Labute approximate surface area is 102 Å². The van der Waals surface area contributed by atoms with Crippen LogP contribution in [0.1, 0.15) is 32.8 Å². The van der Waals surface area contributed by atoms with Crippen molar-refractivity contribution in [2.24, 2.45) is 5.92 Å². The topological polar surface area (TPSA) is 34.1 Å². The van der Waals surface area contributed by atoms with Crippen molar-refractivity contribution in [3.8, 4) is 5.88 Å². The van der Waals surface area contributed by atoms with Gasteiger partial charge in [0.2, 0.25) is 5.88 Å².